The minimum Gasteiger partial charge on any atom is -0.475 e. The summed E-state index contributed by atoms with van der Waals surface area (Å²) < 4.78 is 10.4. The van der Waals surface area contributed by atoms with E-state index in [-0.39, 0.29) is 6.03 Å². The number of rotatable bonds is 10. The van der Waals surface area contributed by atoms with Crippen LogP contribution in [-0.2, 0) is 11.3 Å². The number of ether oxygens (including phenoxy) is 2. The van der Waals surface area contributed by atoms with E-state index in [0.29, 0.717) is 37.9 Å². The van der Waals surface area contributed by atoms with Crippen molar-refractivity contribution >= 4 is 11.7 Å². The van der Waals surface area contributed by atoms with E-state index in [9.17, 15) is 4.79 Å². The molecule has 0 saturated heterocycles. The number of methoxy groups -OCH3 is 1. The zero-order valence-corrected chi connectivity index (χ0v) is 16.1. The summed E-state index contributed by atoms with van der Waals surface area (Å²) in [6.45, 7) is 2.77. The number of aromatic nitrogens is 2. The lowest BCUT2D eigenvalue weighted by Gasteiger charge is -2.24. The Bertz CT molecular complexity index is 680. The maximum atomic E-state index is 12.7. The summed E-state index contributed by atoms with van der Waals surface area (Å²) in [5.41, 5.74) is 1.59. The van der Waals surface area contributed by atoms with Gasteiger partial charge in [-0.25, -0.2) is 9.78 Å². The van der Waals surface area contributed by atoms with Crippen LogP contribution in [0.25, 0.3) is 0 Å². The van der Waals surface area contributed by atoms with Gasteiger partial charge in [-0.2, -0.15) is 0 Å². The van der Waals surface area contributed by atoms with Crippen LogP contribution in [0.15, 0.2) is 42.9 Å². The quantitative estimate of drug-likeness (QED) is 0.643. The van der Waals surface area contributed by atoms with Crippen LogP contribution in [0.3, 0.4) is 0 Å². The molecule has 0 aromatic carbocycles. The molecule has 0 fully saturated rings. The molecule has 1 N–H and O–H groups in total. The second-order valence-corrected chi connectivity index (χ2v) is 6.24. The number of carbonyl (C=O) groups excluding carboxylic acids is 1. The van der Waals surface area contributed by atoms with E-state index < -0.39 is 0 Å². The van der Waals surface area contributed by atoms with Crippen molar-refractivity contribution in [3.05, 3.63) is 48.4 Å². The lowest BCUT2D eigenvalue weighted by atomic mass is 10.2. The van der Waals surface area contributed by atoms with Gasteiger partial charge in [0, 0.05) is 45.2 Å². The van der Waals surface area contributed by atoms with Gasteiger partial charge in [0.2, 0.25) is 5.88 Å². The van der Waals surface area contributed by atoms with E-state index in [0.717, 1.165) is 12.1 Å². The van der Waals surface area contributed by atoms with E-state index in [1.807, 2.05) is 31.1 Å². The number of amides is 2. The number of anilines is 1. The summed E-state index contributed by atoms with van der Waals surface area (Å²) in [5, 5.41) is 2.89. The Hall–Kier alpha value is -2.71. The third-order valence-corrected chi connectivity index (χ3v) is 3.73. The van der Waals surface area contributed by atoms with E-state index in [4.69, 9.17) is 9.47 Å². The van der Waals surface area contributed by atoms with Crippen LogP contribution in [0.1, 0.15) is 5.56 Å². The summed E-state index contributed by atoms with van der Waals surface area (Å²) in [5.74, 6) is 0.491. The van der Waals surface area contributed by atoms with Crippen molar-refractivity contribution in [2.75, 3.05) is 52.8 Å². The van der Waals surface area contributed by atoms with E-state index in [1.54, 1.807) is 42.7 Å². The van der Waals surface area contributed by atoms with Crippen molar-refractivity contribution in [2.45, 2.75) is 6.54 Å². The smallest absolute Gasteiger partial charge is 0.322 e. The molecule has 8 heteroatoms. The molecule has 2 aromatic heterocycles. The van der Waals surface area contributed by atoms with Crippen LogP contribution in [0.2, 0.25) is 0 Å². The molecular formula is C19H27N5O3. The van der Waals surface area contributed by atoms with Gasteiger partial charge in [0.15, 0.2) is 0 Å². The molecule has 0 spiro atoms. The van der Waals surface area contributed by atoms with E-state index in [1.165, 1.54) is 0 Å². The molecule has 0 bridgehead atoms. The van der Waals surface area contributed by atoms with Crippen molar-refractivity contribution in [3.63, 3.8) is 0 Å². The zero-order valence-electron chi connectivity index (χ0n) is 16.1. The third-order valence-electron chi connectivity index (χ3n) is 3.73. The van der Waals surface area contributed by atoms with Gasteiger partial charge in [-0.3, -0.25) is 4.98 Å². The first-order valence-electron chi connectivity index (χ1n) is 8.76. The van der Waals surface area contributed by atoms with Crippen LogP contribution in [0.5, 0.6) is 5.88 Å². The van der Waals surface area contributed by atoms with Crippen LogP contribution < -0.4 is 10.1 Å². The van der Waals surface area contributed by atoms with Gasteiger partial charge in [0.25, 0.3) is 0 Å². The van der Waals surface area contributed by atoms with Crippen LogP contribution in [-0.4, -0.2) is 73.3 Å². The van der Waals surface area contributed by atoms with Crippen LogP contribution >= 0.6 is 0 Å². The largest absolute Gasteiger partial charge is 0.475 e. The predicted octanol–water partition coefficient (Wildman–Crippen LogP) is 2.10. The molecule has 0 aliphatic carbocycles. The average Bonchev–Trinajstić information content (AvgIpc) is 2.67. The first-order chi connectivity index (χ1) is 13.1. The molecule has 0 saturated carbocycles. The Labute approximate surface area is 160 Å². The SMILES string of the molecule is COCCOc1ccc(NC(=O)N(CCN(C)C)Cc2cccnc2)cn1. The van der Waals surface area contributed by atoms with Crippen LogP contribution in [0, 0.1) is 0 Å². The fraction of sp³-hybridized carbons (Fsp3) is 0.421. The minimum atomic E-state index is -0.185. The van der Waals surface area contributed by atoms with E-state index in [2.05, 4.69) is 15.3 Å². The number of nitrogens with one attached hydrogen (secondary N) is 1. The number of hydrogen-bond acceptors (Lipinski definition) is 6. The highest BCUT2D eigenvalue weighted by Gasteiger charge is 2.15. The van der Waals surface area contributed by atoms with Crippen molar-refractivity contribution in [1.82, 2.24) is 19.8 Å². The van der Waals surface area contributed by atoms with E-state index >= 15 is 0 Å². The average molecular weight is 373 g/mol. The summed E-state index contributed by atoms with van der Waals surface area (Å²) in [6.07, 6.45) is 5.06. The second kappa shape index (κ2) is 11.1. The van der Waals surface area contributed by atoms with Gasteiger partial charge < -0.3 is 24.6 Å². The first kappa shape index (κ1) is 20.6. The highest BCUT2D eigenvalue weighted by Crippen LogP contribution is 2.13. The predicted molar refractivity (Wildman–Crippen MR) is 104 cm³/mol. The molecule has 2 aromatic rings. The Kier molecular flexibility index (Phi) is 8.47. The molecule has 146 valence electrons. The van der Waals surface area contributed by atoms with Gasteiger partial charge >= 0.3 is 6.03 Å². The third kappa shape index (κ3) is 7.59. The zero-order chi connectivity index (χ0) is 19.5. The topological polar surface area (TPSA) is 79.8 Å². The molecule has 2 heterocycles. The standard InChI is InChI=1S/C19H27N5O3/c1-23(2)9-10-24(15-16-5-4-8-20-13-16)19(25)22-17-6-7-18(21-14-17)27-12-11-26-3/h4-8,13-14H,9-12,15H2,1-3H3,(H,22,25). The monoisotopic (exact) mass is 373 g/mol. The highest BCUT2D eigenvalue weighted by molar-refractivity contribution is 5.89. The first-order valence-corrected chi connectivity index (χ1v) is 8.76. The fourth-order valence-electron chi connectivity index (χ4n) is 2.26. The number of likely N-dealkylation sites (N-methyl/N-ethyl adjacent to an activating group) is 1. The molecule has 8 nitrogen and oxygen atoms in total. The molecule has 0 unspecified atom stereocenters. The van der Waals surface area contributed by atoms with Crippen molar-refractivity contribution in [3.8, 4) is 5.88 Å². The number of carbonyl (C=O) groups is 1. The molecule has 27 heavy (non-hydrogen) atoms. The van der Waals surface area contributed by atoms with Crippen molar-refractivity contribution < 1.29 is 14.3 Å². The van der Waals surface area contributed by atoms with Gasteiger partial charge in [-0.1, -0.05) is 6.07 Å². The normalized spacial score (nSPS) is 10.7. The molecular weight excluding hydrogens is 346 g/mol. The molecule has 2 amide bonds. The Morgan fingerprint density at radius 3 is 2.63 bits per heavy atom. The van der Waals surface area contributed by atoms with Crippen LogP contribution in [0.4, 0.5) is 10.5 Å². The number of pyridine rings is 2. The Balaban J connectivity index is 1.97. The Morgan fingerprint density at radius 2 is 2.00 bits per heavy atom. The summed E-state index contributed by atoms with van der Waals surface area (Å²) in [6, 6.07) is 7.12. The number of hydrogen-bond donors (Lipinski definition) is 1. The minimum absolute atomic E-state index is 0.185. The van der Waals surface area contributed by atoms with Gasteiger partial charge in [-0.05, 0) is 31.8 Å². The Morgan fingerprint density at radius 1 is 1.15 bits per heavy atom. The molecule has 2 rings (SSSR count). The molecule has 0 atom stereocenters. The second-order valence-electron chi connectivity index (χ2n) is 6.24. The summed E-state index contributed by atoms with van der Waals surface area (Å²) in [4.78, 5) is 24.8. The lowest BCUT2D eigenvalue weighted by Crippen LogP contribution is -2.39. The molecule has 0 radical (unpaired) electrons. The fourth-order valence-corrected chi connectivity index (χ4v) is 2.26. The highest BCUT2D eigenvalue weighted by atomic mass is 16.5. The molecule has 0 aliphatic heterocycles. The van der Waals surface area contributed by atoms with Gasteiger partial charge in [0.1, 0.15) is 6.61 Å². The lowest BCUT2D eigenvalue weighted by molar-refractivity contribution is 0.144. The van der Waals surface area contributed by atoms with Gasteiger partial charge in [-0.15, -0.1) is 0 Å². The van der Waals surface area contributed by atoms with Crippen molar-refractivity contribution in [2.24, 2.45) is 0 Å². The number of nitrogens with zero attached hydrogens (tertiary/aromatic N) is 4. The summed E-state index contributed by atoms with van der Waals surface area (Å²) >= 11 is 0. The maximum Gasteiger partial charge on any atom is 0.322 e. The van der Waals surface area contributed by atoms with Gasteiger partial charge in [0.05, 0.1) is 18.5 Å². The molecule has 0 aliphatic rings. The van der Waals surface area contributed by atoms with Crippen molar-refractivity contribution in [1.29, 1.82) is 0 Å². The number of urea groups is 1. The summed E-state index contributed by atoms with van der Waals surface area (Å²) in [7, 11) is 5.57. The maximum absolute atomic E-state index is 12.7.